The molecule has 1 amide bonds. The number of anilines is 3. The van der Waals surface area contributed by atoms with Crippen molar-refractivity contribution < 1.29 is 9.18 Å². The zero-order valence-corrected chi connectivity index (χ0v) is 14.1. The minimum Gasteiger partial charge on any atom is -0.365 e. The molecule has 1 fully saturated rings. The second-order valence-electron chi connectivity index (χ2n) is 5.66. The number of hydrogen-bond acceptors (Lipinski definition) is 5. The van der Waals surface area contributed by atoms with Crippen LogP contribution in [-0.4, -0.2) is 39.9 Å². The molecular weight excluding hydrogens is 345 g/mol. The highest BCUT2D eigenvalue weighted by Gasteiger charge is 2.24. The Kier molecular flexibility index (Phi) is 5.14. The van der Waals surface area contributed by atoms with Gasteiger partial charge >= 0.3 is 0 Å². The Morgan fingerprint density at radius 1 is 1.36 bits per heavy atom. The molecule has 1 aliphatic rings. The largest absolute Gasteiger partial charge is 0.365 e. The average Bonchev–Trinajstić information content (AvgIpc) is 3.06. The van der Waals surface area contributed by atoms with E-state index in [2.05, 4.69) is 27.2 Å². The van der Waals surface area contributed by atoms with E-state index in [1.807, 2.05) is 0 Å². The third kappa shape index (κ3) is 4.24. The van der Waals surface area contributed by atoms with Gasteiger partial charge in [0, 0.05) is 30.9 Å². The molecule has 1 saturated heterocycles. The van der Waals surface area contributed by atoms with Crippen LogP contribution in [0.2, 0.25) is 5.02 Å². The number of amides is 1. The number of benzene rings is 1. The van der Waals surface area contributed by atoms with E-state index in [-0.39, 0.29) is 17.0 Å². The van der Waals surface area contributed by atoms with E-state index in [1.54, 1.807) is 17.0 Å². The van der Waals surface area contributed by atoms with Gasteiger partial charge in [-0.25, -0.2) is 14.4 Å². The summed E-state index contributed by atoms with van der Waals surface area (Å²) in [5, 5.41) is 6.38. The Morgan fingerprint density at radius 2 is 2.16 bits per heavy atom. The number of halogens is 2. The van der Waals surface area contributed by atoms with Gasteiger partial charge in [-0.2, -0.15) is 0 Å². The van der Waals surface area contributed by atoms with Crippen LogP contribution in [0.1, 0.15) is 6.42 Å². The first-order chi connectivity index (χ1) is 12.0. The number of rotatable bonds is 5. The van der Waals surface area contributed by atoms with Crippen LogP contribution >= 0.6 is 11.6 Å². The lowest BCUT2D eigenvalue weighted by molar-refractivity contribution is -0.125. The van der Waals surface area contributed by atoms with Crippen molar-refractivity contribution in [3.05, 3.63) is 54.1 Å². The van der Waals surface area contributed by atoms with Crippen molar-refractivity contribution in [3.8, 4) is 0 Å². The molecular formula is C17H17ClFN5O. The third-order valence-corrected chi connectivity index (χ3v) is 4.18. The molecule has 0 aliphatic carbocycles. The number of carbonyl (C=O) groups is 1. The van der Waals surface area contributed by atoms with Gasteiger partial charge in [0.1, 0.15) is 23.8 Å². The van der Waals surface area contributed by atoms with Crippen LogP contribution in [0.4, 0.5) is 21.7 Å². The molecule has 8 heteroatoms. The summed E-state index contributed by atoms with van der Waals surface area (Å²) in [6.45, 7) is 4.79. The SMILES string of the molecule is C=CC(=O)N1CCC(Nc2cc(Nc3ccc(F)c(Cl)c3)ncn2)C1. The molecule has 1 atom stereocenters. The van der Waals surface area contributed by atoms with Crippen LogP contribution in [-0.2, 0) is 4.79 Å². The number of likely N-dealkylation sites (tertiary alicyclic amines) is 1. The molecule has 6 nitrogen and oxygen atoms in total. The fraction of sp³-hybridized carbons (Fsp3) is 0.235. The van der Waals surface area contributed by atoms with E-state index in [0.29, 0.717) is 30.4 Å². The molecule has 1 unspecified atom stereocenters. The Balaban J connectivity index is 1.64. The predicted octanol–water partition coefficient (Wildman–Crippen LogP) is 3.21. The molecule has 0 saturated carbocycles. The Labute approximate surface area is 149 Å². The van der Waals surface area contributed by atoms with E-state index < -0.39 is 5.82 Å². The average molecular weight is 362 g/mol. The summed E-state index contributed by atoms with van der Waals surface area (Å²) < 4.78 is 13.2. The zero-order chi connectivity index (χ0) is 17.8. The number of carbonyl (C=O) groups excluding carboxylic acids is 1. The summed E-state index contributed by atoms with van der Waals surface area (Å²) in [4.78, 5) is 21.7. The molecule has 1 aromatic carbocycles. The third-order valence-electron chi connectivity index (χ3n) is 3.89. The number of nitrogens with zero attached hydrogens (tertiary/aromatic N) is 3. The van der Waals surface area contributed by atoms with Crippen LogP contribution in [0.15, 0.2) is 43.2 Å². The summed E-state index contributed by atoms with van der Waals surface area (Å²) in [7, 11) is 0. The highest BCUT2D eigenvalue weighted by molar-refractivity contribution is 6.31. The first-order valence-electron chi connectivity index (χ1n) is 7.77. The van der Waals surface area contributed by atoms with Crippen molar-refractivity contribution in [2.45, 2.75) is 12.5 Å². The van der Waals surface area contributed by atoms with Crippen molar-refractivity contribution in [2.24, 2.45) is 0 Å². The van der Waals surface area contributed by atoms with Crippen molar-refractivity contribution >= 4 is 34.8 Å². The Bertz CT molecular complexity index is 800. The van der Waals surface area contributed by atoms with E-state index in [0.717, 1.165) is 6.42 Å². The molecule has 1 aromatic heterocycles. The normalized spacial score (nSPS) is 16.6. The fourth-order valence-corrected chi connectivity index (χ4v) is 2.82. The summed E-state index contributed by atoms with van der Waals surface area (Å²) in [6.07, 6.45) is 3.58. The van der Waals surface area contributed by atoms with Crippen LogP contribution in [0, 0.1) is 5.82 Å². The summed E-state index contributed by atoms with van der Waals surface area (Å²) in [5.41, 5.74) is 0.625. The quantitative estimate of drug-likeness (QED) is 0.800. The second-order valence-corrected chi connectivity index (χ2v) is 6.07. The highest BCUT2D eigenvalue weighted by Crippen LogP contribution is 2.23. The van der Waals surface area contributed by atoms with Gasteiger partial charge in [0.15, 0.2) is 0 Å². The fourth-order valence-electron chi connectivity index (χ4n) is 2.64. The summed E-state index contributed by atoms with van der Waals surface area (Å²) in [6, 6.07) is 6.21. The standard InChI is InChI=1S/C17H17ClFN5O/c1-2-17(25)24-6-5-12(9-24)23-16-8-15(20-10-21-16)22-11-3-4-14(19)13(18)7-11/h2-4,7-8,10,12H,1,5-6,9H2,(H2,20,21,22,23). The van der Waals surface area contributed by atoms with Gasteiger partial charge in [-0.05, 0) is 30.7 Å². The van der Waals surface area contributed by atoms with Gasteiger partial charge in [-0.1, -0.05) is 18.2 Å². The van der Waals surface area contributed by atoms with E-state index >= 15 is 0 Å². The smallest absolute Gasteiger partial charge is 0.246 e. The maximum atomic E-state index is 13.2. The molecule has 130 valence electrons. The zero-order valence-electron chi connectivity index (χ0n) is 13.4. The van der Waals surface area contributed by atoms with Gasteiger partial charge in [-0.15, -0.1) is 0 Å². The molecule has 2 N–H and O–H groups in total. The van der Waals surface area contributed by atoms with Gasteiger partial charge in [-0.3, -0.25) is 4.79 Å². The Morgan fingerprint density at radius 3 is 2.92 bits per heavy atom. The molecule has 0 bridgehead atoms. The minimum atomic E-state index is -0.475. The lowest BCUT2D eigenvalue weighted by Gasteiger charge is -2.16. The first kappa shape index (κ1) is 17.2. The van der Waals surface area contributed by atoms with Crippen LogP contribution < -0.4 is 10.6 Å². The van der Waals surface area contributed by atoms with Crippen LogP contribution in [0.3, 0.4) is 0 Å². The molecule has 0 spiro atoms. The molecule has 2 aromatic rings. The first-order valence-corrected chi connectivity index (χ1v) is 8.15. The lowest BCUT2D eigenvalue weighted by Crippen LogP contribution is -2.30. The molecule has 0 radical (unpaired) electrons. The second kappa shape index (κ2) is 7.48. The van der Waals surface area contributed by atoms with Crippen molar-refractivity contribution in [1.82, 2.24) is 14.9 Å². The molecule has 2 heterocycles. The molecule has 1 aliphatic heterocycles. The lowest BCUT2D eigenvalue weighted by atomic mass is 10.2. The van der Waals surface area contributed by atoms with Crippen LogP contribution in [0.25, 0.3) is 0 Å². The summed E-state index contributed by atoms with van der Waals surface area (Å²) >= 11 is 5.78. The van der Waals surface area contributed by atoms with Gasteiger partial charge in [0.2, 0.25) is 5.91 Å². The topological polar surface area (TPSA) is 70.2 Å². The minimum absolute atomic E-state index is 0.0373. The number of aromatic nitrogens is 2. The van der Waals surface area contributed by atoms with Gasteiger partial charge in [0.25, 0.3) is 0 Å². The van der Waals surface area contributed by atoms with Gasteiger partial charge in [0.05, 0.1) is 5.02 Å². The Hall–Kier alpha value is -2.67. The van der Waals surface area contributed by atoms with Gasteiger partial charge < -0.3 is 15.5 Å². The molecule has 3 rings (SSSR count). The maximum Gasteiger partial charge on any atom is 0.246 e. The monoisotopic (exact) mass is 361 g/mol. The molecule has 25 heavy (non-hydrogen) atoms. The van der Waals surface area contributed by atoms with Crippen molar-refractivity contribution in [3.63, 3.8) is 0 Å². The van der Waals surface area contributed by atoms with Crippen LogP contribution in [0.5, 0.6) is 0 Å². The van der Waals surface area contributed by atoms with E-state index in [4.69, 9.17) is 11.6 Å². The number of hydrogen-bond donors (Lipinski definition) is 2. The predicted molar refractivity (Wildman–Crippen MR) is 95.5 cm³/mol. The van der Waals surface area contributed by atoms with E-state index in [9.17, 15) is 9.18 Å². The summed E-state index contributed by atoms with van der Waals surface area (Å²) in [5.74, 6) is 0.653. The number of nitrogens with one attached hydrogen (secondary N) is 2. The van der Waals surface area contributed by atoms with Crippen molar-refractivity contribution in [1.29, 1.82) is 0 Å². The van der Waals surface area contributed by atoms with Crippen molar-refractivity contribution in [2.75, 3.05) is 23.7 Å². The maximum absolute atomic E-state index is 13.2. The highest BCUT2D eigenvalue weighted by atomic mass is 35.5. The van der Waals surface area contributed by atoms with E-state index in [1.165, 1.54) is 24.5 Å².